The van der Waals surface area contributed by atoms with Gasteiger partial charge in [-0.3, -0.25) is 4.79 Å². The second kappa shape index (κ2) is 3.40. The summed E-state index contributed by atoms with van der Waals surface area (Å²) in [6, 6.07) is 0. The lowest BCUT2D eigenvalue weighted by atomic mass is 10.4. The second-order valence-corrected chi connectivity index (χ2v) is 4.95. The van der Waals surface area contributed by atoms with Crippen LogP contribution in [0.3, 0.4) is 0 Å². The third-order valence-corrected chi connectivity index (χ3v) is 3.26. The van der Waals surface area contributed by atoms with Gasteiger partial charge in [-0.05, 0) is 0 Å². The molecule has 5 nitrogen and oxygen atoms in total. The molecular weight excluding hydrogens is 180 g/mol. The highest BCUT2D eigenvalue weighted by Gasteiger charge is 2.27. The molecule has 12 heavy (non-hydrogen) atoms. The van der Waals surface area contributed by atoms with Crippen molar-refractivity contribution >= 4 is 15.7 Å². The van der Waals surface area contributed by atoms with Gasteiger partial charge < -0.3 is 10.6 Å². The highest BCUT2D eigenvalue weighted by molar-refractivity contribution is 7.92. The van der Waals surface area contributed by atoms with Gasteiger partial charge in [0.1, 0.15) is 5.75 Å². The molecule has 1 aliphatic rings. The standard InChI is InChI=1S/C6H12N2O3S/c7-1-2-8-3-4-12(10,11)5-6(8)9/h1-5,7H2. The first-order chi connectivity index (χ1) is 5.55. The van der Waals surface area contributed by atoms with Crippen molar-refractivity contribution in [3.8, 4) is 0 Å². The van der Waals surface area contributed by atoms with E-state index >= 15 is 0 Å². The molecule has 0 radical (unpaired) electrons. The predicted octanol–water partition coefficient (Wildman–Crippen LogP) is -1.80. The molecule has 1 heterocycles. The zero-order chi connectivity index (χ0) is 9.19. The highest BCUT2D eigenvalue weighted by Crippen LogP contribution is 2.03. The van der Waals surface area contributed by atoms with Crippen LogP contribution in [0.1, 0.15) is 0 Å². The molecule has 0 saturated carbocycles. The van der Waals surface area contributed by atoms with Gasteiger partial charge in [0.2, 0.25) is 5.91 Å². The highest BCUT2D eigenvalue weighted by atomic mass is 32.2. The molecule has 1 fully saturated rings. The van der Waals surface area contributed by atoms with E-state index in [1.807, 2.05) is 0 Å². The first-order valence-corrected chi connectivity index (χ1v) is 5.55. The number of nitrogens with two attached hydrogens (primary N) is 1. The van der Waals surface area contributed by atoms with Gasteiger partial charge in [0.25, 0.3) is 0 Å². The van der Waals surface area contributed by atoms with Crippen LogP contribution in [0.4, 0.5) is 0 Å². The van der Waals surface area contributed by atoms with Crippen molar-refractivity contribution in [2.75, 3.05) is 31.1 Å². The number of rotatable bonds is 2. The van der Waals surface area contributed by atoms with E-state index in [-0.39, 0.29) is 17.4 Å². The SMILES string of the molecule is NCCN1CCS(=O)(=O)CC1=O. The summed E-state index contributed by atoms with van der Waals surface area (Å²) < 4.78 is 21.9. The molecule has 0 aliphatic carbocycles. The van der Waals surface area contributed by atoms with E-state index in [1.54, 1.807) is 0 Å². The lowest BCUT2D eigenvalue weighted by Gasteiger charge is -2.25. The van der Waals surface area contributed by atoms with Crippen molar-refractivity contribution in [2.24, 2.45) is 5.73 Å². The Morgan fingerprint density at radius 1 is 1.50 bits per heavy atom. The topological polar surface area (TPSA) is 80.5 Å². The summed E-state index contributed by atoms with van der Waals surface area (Å²) in [5.41, 5.74) is 5.25. The zero-order valence-corrected chi connectivity index (χ0v) is 7.51. The van der Waals surface area contributed by atoms with E-state index in [4.69, 9.17) is 5.73 Å². The summed E-state index contributed by atoms with van der Waals surface area (Å²) in [5.74, 6) is -0.613. The van der Waals surface area contributed by atoms with Crippen LogP contribution in [0.2, 0.25) is 0 Å². The largest absolute Gasteiger partial charge is 0.340 e. The quantitative estimate of drug-likeness (QED) is 0.560. The van der Waals surface area contributed by atoms with Crippen LogP contribution >= 0.6 is 0 Å². The second-order valence-electron chi connectivity index (χ2n) is 2.76. The summed E-state index contributed by atoms with van der Waals surface area (Å²) >= 11 is 0. The third-order valence-electron chi connectivity index (χ3n) is 1.77. The van der Waals surface area contributed by atoms with E-state index in [1.165, 1.54) is 4.90 Å². The number of nitrogens with zero attached hydrogens (tertiary/aromatic N) is 1. The van der Waals surface area contributed by atoms with Gasteiger partial charge in [0.05, 0.1) is 5.75 Å². The Balaban J connectivity index is 2.60. The smallest absolute Gasteiger partial charge is 0.237 e. The monoisotopic (exact) mass is 192 g/mol. The van der Waals surface area contributed by atoms with Gasteiger partial charge in [0.15, 0.2) is 9.84 Å². The van der Waals surface area contributed by atoms with Crippen molar-refractivity contribution in [3.63, 3.8) is 0 Å². The molecule has 0 aromatic rings. The van der Waals surface area contributed by atoms with Gasteiger partial charge >= 0.3 is 0 Å². The molecular formula is C6H12N2O3S. The molecule has 0 aromatic carbocycles. The number of carbonyl (C=O) groups excluding carboxylic acids is 1. The molecule has 0 spiro atoms. The Morgan fingerprint density at radius 3 is 2.67 bits per heavy atom. The first kappa shape index (κ1) is 9.47. The number of carbonyl (C=O) groups is 1. The molecule has 0 bridgehead atoms. The summed E-state index contributed by atoms with van der Waals surface area (Å²) in [6.07, 6.45) is 0. The van der Waals surface area contributed by atoms with Crippen LogP contribution in [0.15, 0.2) is 0 Å². The van der Waals surface area contributed by atoms with Gasteiger partial charge in [-0.2, -0.15) is 0 Å². The molecule has 1 saturated heterocycles. The maximum Gasteiger partial charge on any atom is 0.237 e. The number of amides is 1. The van der Waals surface area contributed by atoms with Crippen LogP contribution in [0, 0.1) is 0 Å². The third kappa shape index (κ3) is 2.18. The number of sulfone groups is 1. The van der Waals surface area contributed by atoms with Crippen LogP contribution in [0.25, 0.3) is 0 Å². The van der Waals surface area contributed by atoms with E-state index in [2.05, 4.69) is 0 Å². The van der Waals surface area contributed by atoms with E-state index in [0.717, 1.165) is 0 Å². The predicted molar refractivity (Wildman–Crippen MR) is 44.3 cm³/mol. The lowest BCUT2D eigenvalue weighted by Crippen LogP contribution is -2.46. The molecule has 0 unspecified atom stereocenters. The van der Waals surface area contributed by atoms with Crippen LogP contribution < -0.4 is 5.73 Å². The zero-order valence-electron chi connectivity index (χ0n) is 6.69. The molecule has 0 atom stereocenters. The first-order valence-electron chi connectivity index (χ1n) is 3.73. The average Bonchev–Trinajstić information content (AvgIpc) is 1.94. The maximum absolute atomic E-state index is 11.1. The fourth-order valence-corrected chi connectivity index (χ4v) is 2.32. The van der Waals surface area contributed by atoms with Gasteiger partial charge in [0, 0.05) is 19.6 Å². The van der Waals surface area contributed by atoms with Crippen molar-refractivity contribution in [3.05, 3.63) is 0 Å². The molecule has 2 N–H and O–H groups in total. The van der Waals surface area contributed by atoms with E-state index in [0.29, 0.717) is 19.6 Å². The van der Waals surface area contributed by atoms with Crippen molar-refractivity contribution < 1.29 is 13.2 Å². The minimum Gasteiger partial charge on any atom is -0.340 e. The number of hydrogen-bond acceptors (Lipinski definition) is 4. The molecule has 6 heteroatoms. The van der Waals surface area contributed by atoms with Crippen LogP contribution in [-0.2, 0) is 14.6 Å². The summed E-state index contributed by atoms with van der Waals surface area (Å²) in [5, 5.41) is 0. The fraction of sp³-hybridized carbons (Fsp3) is 0.833. The minimum absolute atomic E-state index is 0.0682. The molecule has 1 amide bonds. The Morgan fingerprint density at radius 2 is 2.17 bits per heavy atom. The molecule has 1 rings (SSSR count). The van der Waals surface area contributed by atoms with E-state index < -0.39 is 9.84 Å². The summed E-state index contributed by atoms with van der Waals surface area (Å²) in [6.45, 7) is 1.12. The summed E-state index contributed by atoms with van der Waals surface area (Å²) in [7, 11) is -3.12. The van der Waals surface area contributed by atoms with Gasteiger partial charge in [-0.15, -0.1) is 0 Å². The number of hydrogen-bond donors (Lipinski definition) is 1. The van der Waals surface area contributed by atoms with E-state index in [9.17, 15) is 13.2 Å². The summed E-state index contributed by atoms with van der Waals surface area (Å²) in [4.78, 5) is 12.6. The maximum atomic E-state index is 11.1. The van der Waals surface area contributed by atoms with Gasteiger partial charge in [-0.25, -0.2) is 8.42 Å². The van der Waals surface area contributed by atoms with Crippen LogP contribution in [-0.4, -0.2) is 50.4 Å². The lowest BCUT2D eigenvalue weighted by molar-refractivity contribution is -0.128. The van der Waals surface area contributed by atoms with Crippen LogP contribution in [0.5, 0.6) is 0 Å². The molecule has 70 valence electrons. The Kier molecular flexibility index (Phi) is 2.69. The van der Waals surface area contributed by atoms with Crippen molar-refractivity contribution in [2.45, 2.75) is 0 Å². The van der Waals surface area contributed by atoms with Gasteiger partial charge in [-0.1, -0.05) is 0 Å². The molecule has 0 aromatic heterocycles. The Bertz CT molecular complexity index is 273. The average molecular weight is 192 g/mol. The van der Waals surface area contributed by atoms with Crippen molar-refractivity contribution in [1.29, 1.82) is 0 Å². The fourth-order valence-electron chi connectivity index (χ4n) is 1.12. The Hall–Kier alpha value is -0.620. The molecule has 1 aliphatic heterocycles. The van der Waals surface area contributed by atoms with Crippen molar-refractivity contribution in [1.82, 2.24) is 4.90 Å². The normalized spacial score (nSPS) is 22.8. The minimum atomic E-state index is -3.12. The Labute approximate surface area is 71.4 Å².